The minimum Gasteiger partial charge on any atom is -0.347 e. The Morgan fingerprint density at radius 2 is 1.76 bits per heavy atom. The molecule has 10 nitrogen and oxygen atoms in total. The van der Waals surface area contributed by atoms with Crippen molar-refractivity contribution in [2.75, 3.05) is 20.6 Å². The van der Waals surface area contributed by atoms with Crippen LogP contribution in [0.3, 0.4) is 0 Å². The molecule has 2 aliphatic rings. The van der Waals surface area contributed by atoms with Crippen molar-refractivity contribution in [2.45, 2.75) is 50.4 Å². The van der Waals surface area contributed by atoms with E-state index in [4.69, 9.17) is 0 Å². The molecule has 2 aromatic carbocycles. The number of amides is 5. The molecule has 1 fully saturated rings. The van der Waals surface area contributed by atoms with Gasteiger partial charge in [0.2, 0.25) is 11.8 Å². The fraction of sp³-hybridized carbons (Fsp3) is 0.367. The molecule has 1 N–H and O–H groups in total. The molecular formula is C30H28F6N6O4. The van der Waals surface area contributed by atoms with E-state index in [9.17, 15) is 36.7 Å². The summed E-state index contributed by atoms with van der Waals surface area (Å²) in [5.41, 5.74) is -2.12. The lowest BCUT2D eigenvalue weighted by Gasteiger charge is -2.32. The monoisotopic (exact) mass is 650 g/mol. The van der Waals surface area contributed by atoms with Crippen molar-refractivity contribution in [3.05, 3.63) is 77.1 Å². The molecule has 1 aromatic heterocycles. The highest BCUT2D eigenvalue weighted by molar-refractivity contribution is 6.10. The molecule has 16 heteroatoms. The standard InChI is InChI=1S/C30H28F6N6O4/c1-16(30(34,35)36)41(12-17-4-6-19(31)7-5-17)26(44)15-42-27(45)29(38-28(42)46)10-24(33)21-8-20(23(32)9-22(21)29)18-11-37-40(13-18)14-25(43)39(2)3/h4-9,11,13,16,24H,10,12,14-15H2,1-3H3,(H,38,46)/t16-,24+,29-/m0/s1. The van der Waals surface area contributed by atoms with Gasteiger partial charge in [-0.2, -0.15) is 18.3 Å². The average Bonchev–Trinajstić information content (AvgIpc) is 3.62. The number of hydrogen-bond donors (Lipinski definition) is 1. The largest absolute Gasteiger partial charge is 0.408 e. The summed E-state index contributed by atoms with van der Waals surface area (Å²) in [6.07, 6.45) is -4.72. The van der Waals surface area contributed by atoms with Crippen molar-refractivity contribution in [3.8, 4) is 11.1 Å². The maximum atomic E-state index is 15.5. The van der Waals surface area contributed by atoms with Crippen molar-refractivity contribution < 1.29 is 45.5 Å². The summed E-state index contributed by atoms with van der Waals surface area (Å²) < 4.78 is 86.7. The molecule has 5 rings (SSSR count). The molecule has 2 heterocycles. The third-order valence-corrected chi connectivity index (χ3v) is 8.16. The fourth-order valence-corrected chi connectivity index (χ4v) is 5.52. The zero-order valence-corrected chi connectivity index (χ0v) is 24.7. The second kappa shape index (κ2) is 11.8. The summed E-state index contributed by atoms with van der Waals surface area (Å²) in [5, 5.41) is 6.37. The van der Waals surface area contributed by atoms with Crippen LogP contribution in [-0.4, -0.2) is 81.1 Å². The lowest BCUT2D eigenvalue weighted by Crippen LogP contribution is -2.51. The molecule has 3 aromatic rings. The number of halogens is 6. The van der Waals surface area contributed by atoms with Crippen LogP contribution in [0.4, 0.5) is 31.1 Å². The van der Waals surface area contributed by atoms with Crippen LogP contribution in [0.1, 0.15) is 36.2 Å². The van der Waals surface area contributed by atoms with Crippen LogP contribution in [-0.2, 0) is 33.0 Å². The Kier molecular flexibility index (Phi) is 8.34. The van der Waals surface area contributed by atoms with Gasteiger partial charge >= 0.3 is 12.2 Å². The van der Waals surface area contributed by atoms with Crippen molar-refractivity contribution >= 4 is 23.8 Å². The van der Waals surface area contributed by atoms with E-state index >= 15 is 8.78 Å². The van der Waals surface area contributed by atoms with E-state index < -0.39 is 72.9 Å². The normalized spacial score (nSPS) is 19.8. The van der Waals surface area contributed by atoms with Crippen LogP contribution in [0, 0.1) is 11.6 Å². The summed E-state index contributed by atoms with van der Waals surface area (Å²) in [5.74, 6) is -4.20. The molecule has 0 unspecified atom stereocenters. The van der Waals surface area contributed by atoms with Gasteiger partial charge in [-0.05, 0) is 47.9 Å². The maximum Gasteiger partial charge on any atom is 0.408 e. The predicted octanol–water partition coefficient (Wildman–Crippen LogP) is 4.06. The van der Waals surface area contributed by atoms with Crippen LogP contribution >= 0.6 is 0 Å². The SMILES string of the molecule is C[C@H](N(Cc1ccc(F)cc1)C(=O)CN1C(=O)N[C@]2(C[C@@H](F)c3cc(-c4cnn(CC(=O)N(C)C)c4)c(F)cc32)C1=O)C(F)(F)F. The number of hydrogen-bond acceptors (Lipinski definition) is 5. The van der Waals surface area contributed by atoms with E-state index in [0.717, 1.165) is 25.1 Å². The van der Waals surface area contributed by atoms with Crippen LogP contribution in [0.2, 0.25) is 0 Å². The summed E-state index contributed by atoms with van der Waals surface area (Å²) in [4.78, 5) is 54.0. The Bertz CT molecular complexity index is 1710. The number of likely N-dealkylation sites (N-methyl/N-ethyl adjacent to an activating group) is 1. The highest BCUT2D eigenvalue weighted by Gasteiger charge is 2.59. The number of urea groups is 1. The number of rotatable bonds is 8. The number of carbonyl (C=O) groups is 4. The Morgan fingerprint density at radius 1 is 1.09 bits per heavy atom. The van der Waals surface area contributed by atoms with Gasteiger partial charge in [-0.3, -0.25) is 24.0 Å². The van der Waals surface area contributed by atoms with Gasteiger partial charge in [-0.15, -0.1) is 0 Å². The molecule has 1 saturated heterocycles. The average molecular weight is 651 g/mol. The third kappa shape index (κ3) is 5.90. The van der Waals surface area contributed by atoms with E-state index in [1.807, 2.05) is 0 Å². The smallest absolute Gasteiger partial charge is 0.347 e. The molecule has 0 radical (unpaired) electrons. The number of nitrogens with one attached hydrogen (secondary N) is 1. The Hall–Kier alpha value is -4.89. The van der Waals surface area contributed by atoms with Gasteiger partial charge < -0.3 is 15.1 Å². The highest BCUT2D eigenvalue weighted by atomic mass is 19.4. The molecule has 0 saturated carbocycles. The van der Waals surface area contributed by atoms with Gasteiger partial charge in [0.05, 0.1) is 6.20 Å². The summed E-state index contributed by atoms with van der Waals surface area (Å²) >= 11 is 0. The molecule has 1 aliphatic carbocycles. The van der Waals surface area contributed by atoms with E-state index in [0.29, 0.717) is 9.80 Å². The fourth-order valence-electron chi connectivity index (χ4n) is 5.52. The minimum absolute atomic E-state index is 0.0802. The van der Waals surface area contributed by atoms with Crippen molar-refractivity contribution in [1.29, 1.82) is 0 Å². The number of benzene rings is 2. The number of carbonyl (C=O) groups excluding carboxylic acids is 4. The van der Waals surface area contributed by atoms with Crippen LogP contribution in [0.25, 0.3) is 11.1 Å². The number of aromatic nitrogens is 2. The molecule has 5 amide bonds. The lowest BCUT2D eigenvalue weighted by atomic mass is 9.90. The highest BCUT2D eigenvalue weighted by Crippen LogP contribution is 2.50. The van der Waals surface area contributed by atoms with Gasteiger partial charge in [-0.25, -0.2) is 18.0 Å². The molecular weight excluding hydrogens is 622 g/mol. The van der Waals surface area contributed by atoms with E-state index in [2.05, 4.69) is 10.4 Å². The molecule has 244 valence electrons. The van der Waals surface area contributed by atoms with E-state index in [1.54, 1.807) is 14.1 Å². The predicted molar refractivity (Wildman–Crippen MR) is 149 cm³/mol. The Labute approximate surface area is 258 Å². The molecule has 3 atom stereocenters. The van der Waals surface area contributed by atoms with Gasteiger partial charge in [0.25, 0.3) is 5.91 Å². The van der Waals surface area contributed by atoms with E-state index in [1.165, 1.54) is 40.2 Å². The quantitative estimate of drug-likeness (QED) is 0.293. The molecule has 1 aliphatic heterocycles. The molecule has 46 heavy (non-hydrogen) atoms. The van der Waals surface area contributed by atoms with E-state index in [-0.39, 0.29) is 40.3 Å². The topological polar surface area (TPSA) is 108 Å². The summed E-state index contributed by atoms with van der Waals surface area (Å²) in [7, 11) is 3.11. The molecule has 1 spiro atoms. The van der Waals surface area contributed by atoms with Gasteiger partial charge in [-0.1, -0.05) is 12.1 Å². The molecule has 0 bridgehead atoms. The maximum absolute atomic E-state index is 15.5. The second-order valence-corrected chi connectivity index (χ2v) is 11.4. The lowest BCUT2D eigenvalue weighted by molar-refractivity contribution is -0.187. The third-order valence-electron chi connectivity index (χ3n) is 8.16. The number of fused-ring (bicyclic) bond motifs is 2. The van der Waals surface area contributed by atoms with Crippen LogP contribution in [0.5, 0.6) is 0 Å². The minimum atomic E-state index is -4.88. The first kappa shape index (κ1) is 32.5. The summed E-state index contributed by atoms with van der Waals surface area (Å²) in [6, 6.07) is 2.93. The van der Waals surface area contributed by atoms with Crippen molar-refractivity contribution in [2.24, 2.45) is 0 Å². The Balaban J connectivity index is 1.41. The zero-order chi connectivity index (χ0) is 33.7. The first-order chi connectivity index (χ1) is 21.5. The first-order valence-corrected chi connectivity index (χ1v) is 14.0. The number of alkyl halides is 4. The number of nitrogens with zero attached hydrogens (tertiary/aromatic N) is 5. The van der Waals surface area contributed by atoms with Crippen molar-refractivity contribution in [1.82, 2.24) is 29.8 Å². The van der Waals surface area contributed by atoms with Crippen LogP contribution < -0.4 is 5.32 Å². The Morgan fingerprint density at radius 3 is 2.39 bits per heavy atom. The summed E-state index contributed by atoms with van der Waals surface area (Å²) in [6.45, 7) is -1.14. The van der Waals surface area contributed by atoms with Gasteiger partial charge in [0.15, 0.2) is 0 Å². The van der Waals surface area contributed by atoms with Crippen molar-refractivity contribution in [3.63, 3.8) is 0 Å². The zero-order valence-electron chi connectivity index (χ0n) is 24.7. The first-order valence-electron chi connectivity index (χ1n) is 14.0. The van der Waals surface area contributed by atoms with Gasteiger partial charge in [0.1, 0.15) is 42.5 Å². The van der Waals surface area contributed by atoms with Crippen LogP contribution in [0.15, 0.2) is 48.8 Å². The van der Waals surface area contributed by atoms with Gasteiger partial charge in [0, 0.05) is 44.4 Å². The second-order valence-electron chi connectivity index (χ2n) is 11.4. The number of imide groups is 1.